The van der Waals surface area contributed by atoms with E-state index >= 15 is 0 Å². The molecular formula is C13H15NO2. The van der Waals surface area contributed by atoms with E-state index in [0.29, 0.717) is 6.42 Å². The molecule has 3 nitrogen and oxygen atoms in total. The van der Waals surface area contributed by atoms with Crippen molar-refractivity contribution in [3.63, 3.8) is 0 Å². The highest BCUT2D eigenvalue weighted by molar-refractivity contribution is 5.59. The fourth-order valence-corrected chi connectivity index (χ4v) is 1.59. The lowest BCUT2D eigenvalue weighted by molar-refractivity contribution is 0.277. The lowest BCUT2D eigenvalue weighted by atomic mass is 10.1. The molecule has 0 aliphatic rings. The Kier molecular flexibility index (Phi) is 3.37. The summed E-state index contributed by atoms with van der Waals surface area (Å²) in [5, 5.41) is 12.8. The summed E-state index contributed by atoms with van der Waals surface area (Å²) in [4.78, 5) is 0. The number of hydrogen-bond acceptors (Lipinski definition) is 3. The first-order chi connectivity index (χ1) is 7.83. The standard InChI is InChI=1S/C13H15NO2/c1-2-10-3-5-11(6-4-10)13-9-12(7-8-15)16-14-13/h3-6,9,15H,2,7-8H2,1H3. The van der Waals surface area contributed by atoms with Gasteiger partial charge < -0.3 is 9.63 Å². The molecule has 1 heterocycles. The molecule has 1 aromatic carbocycles. The van der Waals surface area contributed by atoms with Gasteiger partial charge in [0.1, 0.15) is 11.5 Å². The molecule has 1 N–H and O–H groups in total. The average molecular weight is 217 g/mol. The van der Waals surface area contributed by atoms with Gasteiger partial charge in [-0.3, -0.25) is 0 Å². The fraction of sp³-hybridized carbons (Fsp3) is 0.308. The normalized spacial score (nSPS) is 10.6. The van der Waals surface area contributed by atoms with Crippen molar-refractivity contribution in [3.8, 4) is 11.3 Å². The van der Waals surface area contributed by atoms with Gasteiger partial charge in [0.15, 0.2) is 0 Å². The topological polar surface area (TPSA) is 46.3 Å². The van der Waals surface area contributed by atoms with Gasteiger partial charge in [-0.05, 0) is 12.0 Å². The third-order valence-electron chi connectivity index (χ3n) is 2.58. The van der Waals surface area contributed by atoms with Crippen LogP contribution in [0.25, 0.3) is 11.3 Å². The van der Waals surface area contributed by atoms with Crippen LogP contribution in [0.1, 0.15) is 18.2 Å². The van der Waals surface area contributed by atoms with Gasteiger partial charge in [0, 0.05) is 18.1 Å². The summed E-state index contributed by atoms with van der Waals surface area (Å²) in [5.41, 5.74) is 3.18. The van der Waals surface area contributed by atoms with Gasteiger partial charge in [-0.25, -0.2) is 0 Å². The number of benzene rings is 1. The highest BCUT2D eigenvalue weighted by atomic mass is 16.5. The molecular weight excluding hydrogens is 202 g/mol. The number of aliphatic hydroxyl groups is 1. The maximum Gasteiger partial charge on any atom is 0.139 e. The van der Waals surface area contributed by atoms with Crippen LogP contribution in [0.3, 0.4) is 0 Å². The van der Waals surface area contributed by atoms with E-state index in [0.717, 1.165) is 23.4 Å². The molecule has 2 rings (SSSR count). The number of rotatable bonds is 4. The molecule has 0 unspecified atom stereocenters. The summed E-state index contributed by atoms with van der Waals surface area (Å²) in [5.74, 6) is 0.720. The molecule has 0 aliphatic heterocycles. The third kappa shape index (κ3) is 2.31. The summed E-state index contributed by atoms with van der Waals surface area (Å²) in [6.45, 7) is 2.22. The van der Waals surface area contributed by atoms with Crippen molar-refractivity contribution >= 4 is 0 Å². The van der Waals surface area contributed by atoms with E-state index in [4.69, 9.17) is 9.63 Å². The first-order valence-corrected chi connectivity index (χ1v) is 5.49. The molecule has 0 fully saturated rings. The Morgan fingerprint density at radius 3 is 2.62 bits per heavy atom. The zero-order valence-electron chi connectivity index (χ0n) is 9.31. The summed E-state index contributed by atoms with van der Waals surface area (Å²) >= 11 is 0. The Balaban J connectivity index is 2.21. The quantitative estimate of drug-likeness (QED) is 0.855. The van der Waals surface area contributed by atoms with Gasteiger partial charge in [0.05, 0.1) is 6.61 Å². The average Bonchev–Trinajstić information content (AvgIpc) is 2.78. The molecule has 0 aliphatic carbocycles. The van der Waals surface area contributed by atoms with E-state index in [-0.39, 0.29) is 6.61 Å². The number of aryl methyl sites for hydroxylation is 1. The molecule has 0 radical (unpaired) electrons. The number of aliphatic hydroxyl groups excluding tert-OH is 1. The fourth-order valence-electron chi connectivity index (χ4n) is 1.59. The largest absolute Gasteiger partial charge is 0.396 e. The summed E-state index contributed by atoms with van der Waals surface area (Å²) in [6, 6.07) is 10.1. The van der Waals surface area contributed by atoms with Gasteiger partial charge in [-0.1, -0.05) is 36.3 Å². The molecule has 0 atom stereocenters. The van der Waals surface area contributed by atoms with Crippen LogP contribution in [0.4, 0.5) is 0 Å². The molecule has 1 aromatic heterocycles. The van der Waals surface area contributed by atoms with E-state index in [1.807, 2.05) is 18.2 Å². The maximum absolute atomic E-state index is 8.78. The molecule has 0 saturated carbocycles. The van der Waals surface area contributed by atoms with Crippen molar-refractivity contribution in [2.75, 3.05) is 6.61 Å². The van der Waals surface area contributed by atoms with Crippen molar-refractivity contribution in [2.45, 2.75) is 19.8 Å². The molecule has 0 amide bonds. The van der Waals surface area contributed by atoms with E-state index in [1.165, 1.54) is 5.56 Å². The minimum absolute atomic E-state index is 0.0867. The van der Waals surface area contributed by atoms with Crippen molar-refractivity contribution in [3.05, 3.63) is 41.7 Å². The molecule has 0 bridgehead atoms. The highest BCUT2D eigenvalue weighted by Crippen LogP contribution is 2.19. The predicted molar refractivity (Wildman–Crippen MR) is 62.1 cm³/mol. The van der Waals surface area contributed by atoms with E-state index in [1.54, 1.807) is 0 Å². The van der Waals surface area contributed by atoms with Gasteiger partial charge in [0.25, 0.3) is 0 Å². The van der Waals surface area contributed by atoms with Crippen molar-refractivity contribution in [1.29, 1.82) is 0 Å². The number of hydrogen-bond donors (Lipinski definition) is 1. The summed E-state index contributed by atoms with van der Waals surface area (Å²) in [6.07, 6.45) is 1.55. The molecule has 16 heavy (non-hydrogen) atoms. The molecule has 3 heteroatoms. The smallest absolute Gasteiger partial charge is 0.139 e. The van der Waals surface area contributed by atoms with Gasteiger partial charge in [-0.2, -0.15) is 0 Å². The second kappa shape index (κ2) is 4.94. The molecule has 2 aromatic rings. The van der Waals surface area contributed by atoms with Gasteiger partial charge in [0.2, 0.25) is 0 Å². The lowest BCUT2D eigenvalue weighted by Gasteiger charge is -1.97. The van der Waals surface area contributed by atoms with Crippen LogP contribution in [-0.2, 0) is 12.8 Å². The molecule has 0 saturated heterocycles. The van der Waals surface area contributed by atoms with Crippen LogP contribution < -0.4 is 0 Å². The third-order valence-corrected chi connectivity index (χ3v) is 2.58. The van der Waals surface area contributed by atoms with Crippen LogP contribution in [0.5, 0.6) is 0 Å². The summed E-state index contributed by atoms with van der Waals surface area (Å²) in [7, 11) is 0. The monoisotopic (exact) mass is 217 g/mol. The second-order valence-electron chi connectivity index (χ2n) is 3.70. The van der Waals surface area contributed by atoms with Gasteiger partial charge >= 0.3 is 0 Å². The number of nitrogens with zero attached hydrogens (tertiary/aromatic N) is 1. The van der Waals surface area contributed by atoms with Crippen LogP contribution in [-0.4, -0.2) is 16.9 Å². The molecule has 0 spiro atoms. The zero-order chi connectivity index (χ0) is 11.4. The molecule has 84 valence electrons. The van der Waals surface area contributed by atoms with E-state index in [2.05, 4.69) is 24.2 Å². The van der Waals surface area contributed by atoms with Crippen LogP contribution in [0.2, 0.25) is 0 Å². The Hall–Kier alpha value is -1.61. The highest BCUT2D eigenvalue weighted by Gasteiger charge is 2.05. The Bertz CT molecular complexity index is 445. The van der Waals surface area contributed by atoms with Crippen molar-refractivity contribution in [2.24, 2.45) is 0 Å². The second-order valence-corrected chi connectivity index (χ2v) is 3.70. The van der Waals surface area contributed by atoms with E-state index < -0.39 is 0 Å². The van der Waals surface area contributed by atoms with Crippen LogP contribution in [0, 0.1) is 0 Å². The van der Waals surface area contributed by atoms with E-state index in [9.17, 15) is 0 Å². The Morgan fingerprint density at radius 1 is 1.25 bits per heavy atom. The van der Waals surface area contributed by atoms with Crippen LogP contribution in [0.15, 0.2) is 34.9 Å². The van der Waals surface area contributed by atoms with Crippen molar-refractivity contribution < 1.29 is 9.63 Å². The minimum Gasteiger partial charge on any atom is -0.396 e. The SMILES string of the molecule is CCc1ccc(-c2cc(CCO)on2)cc1. The number of aromatic nitrogens is 1. The summed E-state index contributed by atoms with van der Waals surface area (Å²) < 4.78 is 5.11. The maximum atomic E-state index is 8.78. The first kappa shape index (κ1) is 10.9. The zero-order valence-corrected chi connectivity index (χ0v) is 9.31. The predicted octanol–water partition coefficient (Wildman–Crippen LogP) is 2.44. The van der Waals surface area contributed by atoms with Crippen LogP contribution >= 0.6 is 0 Å². The lowest BCUT2D eigenvalue weighted by Crippen LogP contribution is -1.86. The Labute approximate surface area is 94.7 Å². The first-order valence-electron chi connectivity index (χ1n) is 5.49. The van der Waals surface area contributed by atoms with Crippen molar-refractivity contribution in [1.82, 2.24) is 5.16 Å². The minimum atomic E-state index is 0.0867. The van der Waals surface area contributed by atoms with Gasteiger partial charge in [-0.15, -0.1) is 0 Å². The Morgan fingerprint density at radius 2 is 2.00 bits per heavy atom.